The van der Waals surface area contributed by atoms with Crippen molar-refractivity contribution in [3.8, 4) is 0 Å². The minimum atomic E-state index is -3.52. The third kappa shape index (κ3) is 3.68. The maximum atomic E-state index is 12.3. The van der Waals surface area contributed by atoms with Crippen LogP contribution in [0.3, 0.4) is 0 Å². The van der Waals surface area contributed by atoms with Gasteiger partial charge in [-0.05, 0) is 43.4 Å². The van der Waals surface area contributed by atoms with Gasteiger partial charge in [-0.1, -0.05) is 12.1 Å². The fourth-order valence-electron chi connectivity index (χ4n) is 2.32. The van der Waals surface area contributed by atoms with E-state index in [-0.39, 0.29) is 12.5 Å². The Bertz CT molecular complexity index is 530. The van der Waals surface area contributed by atoms with E-state index in [1.165, 1.54) is 4.31 Å². The number of rotatable bonds is 4. The van der Waals surface area contributed by atoms with Crippen LogP contribution in [-0.4, -0.2) is 37.5 Å². The van der Waals surface area contributed by atoms with E-state index in [0.29, 0.717) is 18.8 Å². The van der Waals surface area contributed by atoms with Gasteiger partial charge in [0.15, 0.2) is 0 Å². The molecule has 1 saturated heterocycles. The first-order valence-electron chi connectivity index (χ1n) is 6.46. The molecule has 6 heteroatoms. The Hall–Kier alpha value is -1.11. The predicted octanol–water partition coefficient (Wildman–Crippen LogP) is 1.36. The van der Waals surface area contributed by atoms with Gasteiger partial charge in [0.2, 0.25) is 0 Å². The lowest BCUT2D eigenvalue weighted by atomic mass is 10.0. The van der Waals surface area contributed by atoms with Crippen molar-refractivity contribution in [2.75, 3.05) is 24.4 Å². The number of nitrogens with zero attached hydrogens (tertiary/aromatic N) is 1. The fraction of sp³-hybridized carbons (Fsp3) is 0.538. The Labute approximate surface area is 114 Å². The van der Waals surface area contributed by atoms with Gasteiger partial charge in [0.1, 0.15) is 0 Å². The van der Waals surface area contributed by atoms with Crippen LogP contribution in [-0.2, 0) is 10.2 Å². The largest absolute Gasteiger partial charge is 0.396 e. The summed E-state index contributed by atoms with van der Waals surface area (Å²) in [7, 11) is -3.52. The van der Waals surface area contributed by atoms with Gasteiger partial charge in [-0.15, -0.1) is 0 Å². The van der Waals surface area contributed by atoms with Gasteiger partial charge in [-0.3, -0.25) is 4.72 Å². The van der Waals surface area contributed by atoms with Gasteiger partial charge < -0.3 is 5.11 Å². The molecule has 1 aliphatic heterocycles. The highest BCUT2D eigenvalue weighted by Gasteiger charge is 2.28. The normalized spacial score (nSPS) is 21.3. The van der Waals surface area contributed by atoms with Gasteiger partial charge in [-0.25, -0.2) is 0 Å². The van der Waals surface area contributed by atoms with Gasteiger partial charge in [0.25, 0.3) is 0 Å². The topological polar surface area (TPSA) is 69.6 Å². The number of nitrogens with one attached hydrogen (secondary N) is 1. The molecule has 1 heterocycles. The molecule has 0 radical (unpaired) electrons. The van der Waals surface area contributed by atoms with Crippen LogP contribution in [0.25, 0.3) is 0 Å². The Kier molecular flexibility index (Phi) is 4.44. The van der Waals surface area contributed by atoms with Crippen molar-refractivity contribution < 1.29 is 13.5 Å². The number of hydrogen-bond acceptors (Lipinski definition) is 3. The van der Waals surface area contributed by atoms with Crippen molar-refractivity contribution >= 4 is 15.9 Å². The number of aliphatic hydroxyl groups is 1. The Balaban J connectivity index is 2.09. The minimum absolute atomic E-state index is 0.0382. The number of anilines is 1. The maximum absolute atomic E-state index is 12.3. The van der Waals surface area contributed by atoms with Gasteiger partial charge in [-0.2, -0.15) is 12.7 Å². The maximum Gasteiger partial charge on any atom is 0.301 e. The van der Waals surface area contributed by atoms with Crippen LogP contribution < -0.4 is 4.72 Å². The first-order chi connectivity index (χ1) is 9.01. The van der Waals surface area contributed by atoms with Crippen molar-refractivity contribution in [3.63, 3.8) is 0 Å². The van der Waals surface area contributed by atoms with Crippen molar-refractivity contribution in [1.29, 1.82) is 0 Å². The van der Waals surface area contributed by atoms with Crippen LogP contribution in [0.1, 0.15) is 18.4 Å². The fourth-order valence-corrected chi connectivity index (χ4v) is 3.65. The molecule has 0 aromatic heterocycles. The summed E-state index contributed by atoms with van der Waals surface area (Å²) in [5, 5.41) is 9.16. The molecule has 0 bridgehead atoms. The number of piperidine rings is 1. The van der Waals surface area contributed by atoms with Gasteiger partial charge in [0.05, 0.1) is 5.69 Å². The highest BCUT2D eigenvalue weighted by Crippen LogP contribution is 2.20. The van der Waals surface area contributed by atoms with Crippen LogP contribution in [0.15, 0.2) is 24.3 Å². The Morgan fingerprint density at radius 1 is 1.47 bits per heavy atom. The second-order valence-corrected chi connectivity index (χ2v) is 6.70. The van der Waals surface area contributed by atoms with E-state index in [2.05, 4.69) is 4.72 Å². The summed E-state index contributed by atoms with van der Waals surface area (Å²) in [5.41, 5.74) is 1.58. The highest BCUT2D eigenvalue weighted by atomic mass is 32.2. The van der Waals surface area contributed by atoms with Crippen LogP contribution in [0.5, 0.6) is 0 Å². The molecule has 0 amide bonds. The summed E-state index contributed by atoms with van der Waals surface area (Å²) in [4.78, 5) is 0. The molecule has 1 unspecified atom stereocenters. The summed E-state index contributed by atoms with van der Waals surface area (Å²) >= 11 is 0. The van der Waals surface area contributed by atoms with E-state index in [4.69, 9.17) is 5.11 Å². The van der Waals surface area contributed by atoms with E-state index in [9.17, 15) is 8.42 Å². The number of hydrogen-bond donors (Lipinski definition) is 2. The average Bonchev–Trinajstić information content (AvgIpc) is 2.38. The van der Waals surface area contributed by atoms with Crippen LogP contribution in [0, 0.1) is 12.8 Å². The van der Waals surface area contributed by atoms with Gasteiger partial charge >= 0.3 is 10.2 Å². The summed E-state index contributed by atoms with van der Waals surface area (Å²) in [6, 6.07) is 7.27. The lowest BCUT2D eigenvalue weighted by Crippen LogP contribution is -2.43. The zero-order valence-corrected chi connectivity index (χ0v) is 11.9. The van der Waals surface area contributed by atoms with Crippen molar-refractivity contribution in [2.24, 2.45) is 5.92 Å². The van der Waals surface area contributed by atoms with Crippen molar-refractivity contribution in [1.82, 2.24) is 4.31 Å². The molecule has 1 aromatic rings. The zero-order chi connectivity index (χ0) is 13.9. The molecule has 1 fully saturated rings. The molecule has 1 aromatic carbocycles. The number of aryl methyl sites for hydroxylation is 1. The molecule has 106 valence electrons. The zero-order valence-electron chi connectivity index (χ0n) is 11.0. The van der Waals surface area contributed by atoms with Gasteiger partial charge in [0, 0.05) is 19.7 Å². The van der Waals surface area contributed by atoms with Crippen LogP contribution in [0.4, 0.5) is 5.69 Å². The van der Waals surface area contributed by atoms with E-state index < -0.39 is 10.2 Å². The summed E-state index contributed by atoms with van der Waals surface area (Å²) in [6.45, 7) is 2.85. The number of aliphatic hydroxyl groups excluding tert-OH is 1. The molecule has 2 N–H and O–H groups in total. The molecule has 1 atom stereocenters. The third-order valence-electron chi connectivity index (χ3n) is 3.34. The van der Waals surface area contributed by atoms with E-state index in [1.54, 1.807) is 12.1 Å². The van der Waals surface area contributed by atoms with E-state index in [1.807, 2.05) is 19.1 Å². The SMILES string of the molecule is Cc1cccc(NS(=O)(=O)N2CCCC(CO)C2)c1. The molecular formula is C13H20N2O3S. The molecular weight excluding hydrogens is 264 g/mol. The first-order valence-corrected chi connectivity index (χ1v) is 7.90. The third-order valence-corrected chi connectivity index (χ3v) is 4.85. The highest BCUT2D eigenvalue weighted by molar-refractivity contribution is 7.90. The molecule has 0 saturated carbocycles. The summed E-state index contributed by atoms with van der Waals surface area (Å²) in [6.07, 6.45) is 1.67. The predicted molar refractivity (Wildman–Crippen MR) is 75.1 cm³/mol. The molecule has 2 rings (SSSR count). The average molecular weight is 284 g/mol. The van der Waals surface area contributed by atoms with E-state index in [0.717, 1.165) is 18.4 Å². The van der Waals surface area contributed by atoms with Crippen LogP contribution >= 0.6 is 0 Å². The quantitative estimate of drug-likeness (QED) is 0.877. The summed E-state index contributed by atoms with van der Waals surface area (Å²) in [5.74, 6) is 0.0443. The minimum Gasteiger partial charge on any atom is -0.396 e. The second-order valence-electron chi connectivity index (χ2n) is 5.03. The molecule has 0 aliphatic carbocycles. The molecule has 5 nitrogen and oxygen atoms in total. The van der Waals surface area contributed by atoms with Crippen molar-refractivity contribution in [3.05, 3.63) is 29.8 Å². The van der Waals surface area contributed by atoms with Crippen LogP contribution in [0.2, 0.25) is 0 Å². The second kappa shape index (κ2) is 5.90. The molecule has 19 heavy (non-hydrogen) atoms. The molecule has 1 aliphatic rings. The standard InChI is InChI=1S/C13H20N2O3S/c1-11-4-2-6-13(8-11)14-19(17,18)15-7-3-5-12(9-15)10-16/h2,4,6,8,12,14,16H,3,5,7,9-10H2,1H3. The Morgan fingerprint density at radius 3 is 2.95 bits per heavy atom. The first kappa shape index (κ1) is 14.3. The lowest BCUT2D eigenvalue weighted by molar-refractivity contribution is 0.166. The monoisotopic (exact) mass is 284 g/mol. The lowest BCUT2D eigenvalue weighted by Gasteiger charge is -2.31. The number of benzene rings is 1. The summed E-state index contributed by atoms with van der Waals surface area (Å²) < 4.78 is 28.5. The van der Waals surface area contributed by atoms with E-state index >= 15 is 0 Å². The Morgan fingerprint density at radius 2 is 2.26 bits per heavy atom. The van der Waals surface area contributed by atoms with Crippen molar-refractivity contribution in [2.45, 2.75) is 19.8 Å². The molecule has 0 spiro atoms. The smallest absolute Gasteiger partial charge is 0.301 e.